The molecule has 17 nitrogen and oxygen atoms in total. The lowest BCUT2D eigenvalue weighted by Gasteiger charge is -2.21. The van der Waals surface area contributed by atoms with Crippen LogP contribution >= 0.6 is 15.6 Å². The van der Waals surface area contributed by atoms with E-state index in [1.54, 1.807) is 0 Å². The highest BCUT2D eigenvalue weighted by Gasteiger charge is 2.30. The van der Waals surface area contributed by atoms with Crippen LogP contribution in [0.15, 0.2) is 0 Å². The summed E-state index contributed by atoms with van der Waals surface area (Å²) in [6, 6.07) is 0. The van der Waals surface area contributed by atoms with E-state index in [1.807, 2.05) is 0 Å². The number of phosphoric ester groups is 2. The van der Waals surface area contributed by atoms with Gasteiger partial charge in [-0.2, -0.15) is 0 Å². The number of aliphatic hydroxyl groups is 1. The quantitative estimate of drug-likeness (QED) is 0.0222. The highest BCUT2D eigenvalue weighted by atomic mass is 31.2. The number of hydrogen-bond donors (Lipinski definition) is 3. The molecule has 0 radical (unpaired) electrons. The fourth-order valence-corrected chi connectivity index (χ4v) is 14.6. The van der Waals surface area contributed by atoms with Gasteiger partial charge in [-0.15, -0.1) is 0 Å². The molecule has 5 atom stereocenters. The van der Waals surface area contributed by atoms with Crippen molar-refractivity contribution in [1.82, 2.24) is 0 Å². The summed E-state index contributed by atoms with van der Waals surface area (Å²) in [5, 5.41) is 10.7. The number of phosphoric acid groups is 2. The number of esters is 4. The SMILES string of the molecule is CCCCCCCCCCCCCCCCCCCCCC(=O)O[C@H](COC(=O)CCCCCCCCCCCCCCCC(C)C)COP(=O)(O)OC[C@@H](O)COP(=O)(O)OC[C@@H](COC(=O)CCCCCCCCCCCC(C)C)OC(=O)CCCCCCCCCCCCCCCC(C)C. The van der Waals surface area contributed by atoms with Gasteiger partial charge in [-0.3, -0.25) is 37.3 Å². The van der Waals surface area contributed by atoms with Crippen molar-refractivity contribution in [2.45, 2.75) is 458 Å². The molecule has 0 aliphatic rings. The third-order valence-corrected chi connectivity index (χ3v) is 21.5. The Labute approximate surface area is 632 Å². The molecule has 0 saturated heterocycles. The molecule has 0 aromatic heterocycles. The van der Waals surface area contributed by atoms with Gasteiger partial charge in [-0.1, -0.05) is 389 Å². The van der Waals surface area contributed by atoms with Gasteiger partial charge in [0.15, 0.2) is 12.2 Å². The van der Waals surface area contributed by atoms with Gasteiger partial charge in [-0.05, 0) is 43.4 Å². The Morgan fingerprint density at radius 1 is 0.262 bits per heavy atom. The van der Waals surface area contributed by atoms with Gasteiger partial charge in [0.2, 0.25) is 0 Å². The van der Waals surface area contributed by atoms with Crippen LogP contribution < -0.4 is 0 Å². The number of carbonyl (C=O) groups is 4. The van der Waals surface area contributed by atoms with Gasteiger partial charge < -0.3 is 33.8 Å². The molecule has 0 spiro atoms. The average molecular weight is 1510 g/mol. The van der Waals surface area contributed by atoms with Crippen LogP contribution in [-0.2, 0) is 65.4 Å². The number of carbonyl (C=O) groups excluding carboxylic acids is 4. The van der Waals surface area contributed by atoms with Gasteiger partial charge >= 0.3 is 39.5 Å². The van der Waals surface area contributed by atoms with E-state index < -0.39 is 97.5 Å². The summed E-state index contributed by atoms with van der Waals surface area (Å²) in [6.45, 7) is 12.0. The molecule has 3 N–H and O–H groups in total. The van der Waals surface area contributed by atoms with E-state index in [4.69, 9.17) is 37.0 Å². The molecule has 0 fully saturated rings. The molecule has 103 heavy (non-hydrogen) atoms. The molecule has 612 valence electrons. The zero-order valence-electron chi connectivity index (χ0n) is 67.8. The van der Waals surface area contributed by atoms with Crippen molar-refractivity contribution in [3.63, 3.8) is 0 Å². The third-order valence-electron chi connectivity index (χ3n) is 19.6. The van der Waals surface area contributed by atoms with Crippen LogP contribution in [0.4, 0.5) is 0 Å². The predicted octanol–water partition coefficient (Wildman–Crippen LogP) is 25.3. The van der Waals surface area contributed by atoms with Gasteiger partial charge in [-0.25, -0.2) is 9.13 Å². The van der Waals surface area contributed by atoms with Crippen molar-refractivity contribution in [3.8, 4) is 0 Å². The minimum atomic E-state index is -4.96. The number of rotatable bonds is 82. The Morgan fingerprint density at radius 3 is 0.660 bits per heavy atom. The van der Waals surface area contributed by atoms with E-state index in [-0.39, 0.29) is 25.7 Å². The Balaban J connectivity index is 5.26. The number of hydrogen-bond acceptors (Lipinski definition) is 15. The lowest BCUT2D eigenvalue weighted by Crippen LogP contribution is -2.30. The van der Waals surface area contributed by atoms with E-state index in [9.17, 15) is 43.2 Å². The minimum absolute atomic E-state index is 0.107. The Bertz CT molecular complexity index is 1990. The maximum atomic E-state index is 13.1. The number of ether oxygens (including phenoxy) is 4. The van der Waals surface area contributed by atoms with Crippen LogP contribution in [0.5, 0.6) is 0 Å². The van der Waals surface area contributed by atoms with Gasteiger partial charge in [0.1, 0.15) is 19.3 Å². The van der Waals surface area contributed by atoms with Crippen LogP contribution in [0.1, 0.15) is 440 Å². The lowest BCUT2D eigenvalue weighted by atomic mass is 10.0. The zero-order chi connectivity index (χ0) is 75.8. The fourth-order valence-electron chi connectivity index (χ4n) is 13.0. The van der Waals surface area contributed by atoms with E-state index in [2.05, 4.69) is 48.5 Å². The Hall–Kier alpha value is -1.94. The standard InChI is InChI=1S/C84H164O17P2/c1-8-9-10-11-12-13-14-15-16-17-18-19-20-25-31-38-46-53-60-67-83(88)100-79(71-94-81(86)65-58-51-44-37-30-26-21-23-28-34-41-48-55-62-75(2)3)73-98-102(90,91)96-69-78(85)70-97-103(92,93)99-74-80(72-95-82(87)66-59-52-45-40-33-36-43-50-57-64-77(6)7)101-84(89)68-61-54-47-39-32-27-22-24-29-35-42-49-56-63-76(4)5/h75-80,85H,8-74H2,1-7H3,(H,90,91)(H,92,93)/t78-,79-,80-/m1/s1. The summed E-state index contributed by atoms with van der Waals surface area (Å²) in [5.74, 6) is 0.215. The predicted molar refractivity (Wildman–Crippen MR) is 423 cm³/mol. The normalized spacial score (nSPS) is 13.9. The van der Waals surface area contributed by atoms with Gasteiger partial charge in [0.25, 0.3) is 0 Å². The monoisotopic (exact) mass is 1510 g/mol. The second kappa shape index (κ2) is 74.2. The average Bonchev–Trinajstić information content (AvgIpc) is 0.907. The molecular weight excluding hydrogens is 1340 g/mol. The van der Waals surface area contributed by atoms with Crippen LogP contribution in [0.25, 0.3) is 0 Å². The van der Waals surface area contributed by atoms with Gasteiger partial charge in [0, 0.05) is 25.7 Å². The highest BCUT2D eigenvalue weighted by Crippen LogP contribution is 2.45. The summed E-state index contributed by atoms with van der Waals surface area (Å²) < 4.78 is 68.9. The topological polar surface area (TPSA) is 237 Å². The summed E-state index contributed by atoms with van der Waals surface area (Å²) in [5.41, 5.74) is 0. The second-order valence-corrected chi connectivity index (χ2v) is 34.6. The van der Waals surface area contributed by atoms with Crippen molar-refractivity contribution >= 4 is 39.5 Å². The lowest BCUT2D eigenvalue weighted by molar-refractivity contribution is -0.161. The first-order valence-corrected chi connectivity index (χ1v) is 46.3. The first kappa shape index (κ1) is 101. The molecule has 19 heteroatoms. The summed E-state index contributed by atoms with van der Waals surface area (Å²) >= 11 is 0. The molecule has 0 aromatic carbocycles. The first-order valence-electron chi connectivity index (χ1n) is 43.3. The van der Waals surface area contributed by atoms with Crippen molar-refractivity contribution in [1.29, 1.82) is 0 Å². The molecule has 0 aliphatic carbocycles. The van der Waals surface area contributed by atoms with E-state index in [0.29, 0.717) is 25.7 Å². The Morgan fingerprint density at radius 2 is 0.447 bits per heavy atom. The number of unbranched alkanes of at least 4 members (excludes halogenated alkanes) is 50. The van der Waals surface area contributed by atoms with Crippen LogP contribution in [0.3, 0.4) is 0 Å². The smallest absolute Gasteiger partial charge is 0.462 e. The maximum absolute atomic E-state index is 13.1. The summed E-state index contributed by atoms with van der Waals surface area (Å²) in [6.07, 6.45) is 63.8. The van der Waals surface area contributed by atoms with Crippen LogP contribution in [-0.4, -0.2) is 96.7 Å². The second-order valence-electron chi connectivity index (χ2n) is 31.6. The molecule has 0 amide bonds. The van der Waals surface area contributed by atoms with E-state index in [0.717, 1.165) is 108 Å². The molecule has 0 aliphatic heterocycles. The minimum Gasteiger partial charge on any atom is -0.462 e. The molecule has 0 bridgehead atoms. The molecule has 0 rings (SSSR count). The zero-order valence-corrected chi connectivity index (χ0v) is 69.6. The maximum Gasteiger partial charge on any atom is 0.472 e. The van der Waals surface area contributed by atoms with Crippen LogP contribution in [0, 0.1) is 17.8 Å². The Kier molecular flexibility index (Phi) is 72.8. The first-order chi connectivity index (χ1) is 49.7. The van der Waals surface area contributed by atoms with E-state index in [1.165, 1.54) is 250 Å². The summed E-state index contributed by atoms with van der Waals surface area (Å²) in [4.78, 5) is 73.2. The number of aliphatic hydroxyl groups excluding tert-OH is 1. The molecule has 2 unspecified atom stereocenters. The van der Waals surface area contributed by atoms with Crippen LogP contribution in [0.2, 0.25) is 0 Å². The largest absolute Gasteiger partial charge is 0.472 e. The molecule has 0 heterocycles. The fraction of sp³-hybridized carbons (Fsp3) is 0.952. The van der Waals surface area contributed by atoms with Crippen molar-refractivity contribution in [3.05, 3.63) is 0 Å². The summed E-state index contributed by atoms with van der Waals surface area (Å²) in [7, 11) is -9.93. The van der Waals surface area contributed by atoms with Gasteiger partial charge in [0.05, 0.1) is 26.4 Å². The molecular formula is C84H164O17P2. The third kappa shape index (κ3) is 78.0. The molecule has 0 saturated carbocycles. The van der Waals surface area contributed by atoms with Crippen molar-refractivity contribution in [2.24, 2.45) is 17.8 Å². The van der Waals surface area contributed by atoms with E-state index >= 15 is 0 Å². The van der Waals surface area contributed by atoms with Crippen molar-refractivity contribution < 1.29 is 80.2 Å². The molecule has 0 aromatic rings. The highest BCUT2D eigenvalue weighted by molar-refractivity contribution is 7.47. The van der Waals surface area contributed by atoms with Crippen molar-refractivity contribution in [2.75, 3.05) is 39.6 Å².